The van der Waals surface area contributed by atoms with E-state index in [1.807, 2.05) is 26.0 Å². The summed E-state index contributed by atoms with van der Waals surface area (Å²) in [5.41, 5.74) is 2.57. The lowest BCUT2D eigenvalue weighted by molar-refractivity contribution is 0.0469. The van der Waals surface area contributed by atoms with Crippen molar-refractivity contribution in [2.45, 2.75) is 33.7 Å². The van der Waals surface area contributed by atoms with Crippen molar-refractivity contribution in [1.29, 1.82) is 0 Å². The smallest absolute Gasteiger partial charge is 0.359 e. The lowest BCUT2D eigenvalue weighted by atomic mass is 10.1. The van der Waals surface area contributed by atoms with Crippen molar-refractivity contribution in [3.05, 3.63) is 93.7 Å². The number of carbonyl (C=O) groups excluding carboxylic acids is 2. The quantitative estimate of drug-likeness (QED) is 0.315. The highest BCUT2D eigenvalue weighted by atomic mass is 16.5. The molecular formula is C26H25N3O4. The van der Waals surface area contributed by atoms with Gasteiger partial charge in [-0.1, -0.05) is 43.3 Å². The average molecular weight is 444 g/mol. The van der Waals surface area contributed by atoms with Crippen LogP contribution in [-0.4, -0.2) is 32.7 Å². The van der Waals surface area contributed by atoms with E-state index in [1.54, 1.807) is 48.5 Å². The van der Waals surface area contributed by atoms with E-state index in [-0.39, 0.29) is 17.0 Å². The van der Waals surface area contributed by atoms with Gasteiger partial charge in [-0.3, -0.25) is 9.59 Å². The zero-order chi connectivity index (χ0) is 23.5. The summed E-state index contributed by atoms with van der Waals surface area (Å²) >= 11 is 0. The summed E-state index contributed by atoms with van der Waals surface area (Å²) in [6.45, 7) is 6.34. The van der Waals surface area contributed by atoms with Crippen molar-refractivity contribution in [3.63, 3.8) is 0 Å². The van der Waals surface area contributed by atoms with Crippen molar-refractivity contribution in [2.75, 3.05) is 6.61 Å². The number of hydrogen-bond acceptors (Lipinski definition) is 5. The van der Waals surface area contributed by atoms with Crippen LogP contribution in [0.1, 0.15) is 45.6 Å². The van der Waals surface area contributed by atoms with Crippen LogP contribution in [-0.2, 0) is 11.3 Å². The minimum Gasteiger partial charge on any atom is -0.452 e. The van der Waals surface area contributed by atoms with E-state index >= 15 is 0 Å². The highest BCUT2D eigenvalue weighted by Gasteiger charge is 2.21. The monoisotopic (exact) mass is 443 g/mol. The maximum atomic E-state index is 13.0. The third-order valence-electron chi connectivity index (χ3n) is 5.65. The molecule has 0 aliphatic rings. The molecule has 0 saturated heterocycles. The third-order valence-corrected chi connectivity index (χ3v) is 5.65. The van der Waals surface area contributed by atoms with E-state index in [9.17, 15) is 14.4 Å². The Balaban J connectivity index is 1.65. The molecule has 7 nitrogen and oxygen atoms in total. The Morgan fingerprint density at radius 3 is 2.33 bits per heavy atom. The molecule has 0 fully saturated rings. The minimum atomic E-state index is -0.758. The molecule has 2 aromatic heterocycles. The van der Waals surface area contributed by atoms with Crippen molar-refractivity contribution < 1.29 is 14.3 Å². The first-order valence-electron chi connectivity index (χ1n) is 10.9. The molecular weight excluding hydrogens is 418 g/mol. The molecule has 4 rings (SSSR count). The van der Waals surface area contributed by atoms with Crippen LogP contribution in [0.15, 0.2) is 65.5 Å². The molecule has 2 heterocycles. The molecule has 0 amide bonds. The molecule has 4 aromatic rings. The van der Waals surface area contributed by atoms with E-state index in [0.29, 0.717) is 22.0 Å². The number of ether oxygens (including phenoxy) is 1. The van der Waals surface area contributed by atoms with E-state index in [2.05, 4.69) is 16.6 Å². The van der Waals surface area contributed by atoms with Crippen LogP contribution in [0.5, 0.6) is 0 Å². The summed E-state index contributed by atoms with van der Waals surface area (Å²) in [6, 6.07) is 17.4. The molecule has 0 atom stereocenters. The Hall–Kier alpha value is -4.00. The SMILES string of the molecule is CCCn1c(C)cc(C(=O)COC(=O)c2nn(-c3ccccc3)c(=O)c3ccccc23)c1C. The molecule has 0 unspecified atom stereocenters. The number of Topliss-reactive ketones (excluding diaryl/α,β-unsaturated/α-hetero) is 1. The molecule has 0 aliphatic heterocycles. The number of rotatable bonds is 7. The zero-order valence-electron chi connectivity index (χ0n) is 18.9. The molecule has 2 aromatic carbocycles. The van der Waals surface area contributed by atoms with Gasteiger partial charge in [0.05, 0.1) is 11.1 Å². The van der Waals surface area contributed by atoms with Crippen molar-refractivity contribution >= 4 is 22.5 Å². The largest absolute Gasteiger partial charge is 0.452 e. The number of aryl methyl sites for hydroxylation is 1. The Morgan fingerprint density at radius 1 is 0.970 bits per heavy atom. The summed E-state index contributed by atoms with van der Waals surface area (Å²) in [5.74, 6) is -1.04. The van der Waals surface area contributed by atoms with Crippen LogP contribution < -0.4 is 5.56 Å². The van der Waals surface area contributed by atoms with Gasteiger partial charge in [-0.05, 0) is 44.5 Å². The van der Waals surface area contributed by atoms with Crippen molar-refractivity contribution in [3.8, 4) is 5.69 Å². The normalized spacial score (nSPS) is 11.0. The van der Waals surface area contributed by atoms with Gasteiger partial charge < -0.3 is 9.30 Å². The fourth-order valence-corrected chi connectivity index (χ4v) is 4.01. The first-order chi connectivity index (χ1) is 15.9. The highest BCUT2D eigenvalue weighted by molar-refractivity contribution is 6.04. The number of para-hydroxylation sites is 1. The highest BCUT2D eigenvalue weighted by Crippen LogP contribution is 2.18. The predicted molar refractivity (Wildman–Crippen MR) is 126 cm³/mol. The van der Waals surface area contributed by atoms with Crippen LogP contribution in [0.3, 0.4) is 0 Å². The first-order valence-corrected chi connectivity index (χ1v) is 10.9. The summed E-state index contributed by atoms with van der Waals surface area (Å²) < 4.78 is 8.63. The van der Waals surface area contributed by atoms with Crippen LogP contribution >= 0.6 is 0 Å². The van der Waals surface area contributed by atoms with Gasteiger partial charge in [0.1, 0.15) is 0 Å². The molecule has 0 saturated carbocycles. The Bertz CT molecular complexity index is 1400. The molecule has 0 spiro atoms. The van der Waals surface area contributed by atoms with Gasteiger partial charge in [0.2, 0.25) is 5.78 Å². The van der Waals surface area contributed by atoms with Gasteiger partial charge in [0, 0.05) is 28.9 Å². The van der Waals surface area contributed by atoms with Gasteiger partial charge in [-0.2, -0.15) is 9.78 Å². The van der Waals surface area contributed by atoms with E-state index in [0.717, 1.165) is 24.4 Å². The second-order valence-electron chi connectivity index (χ2n) is 7.88. The maximum absolute atomic E-state index is 13.0. The summed E-state index contributed by atoms with van der Waals surface area (Å²) in [7, 11) is 0. The topological polar surface area (TPSA) is 83.2 Å². The molecule has 7 heteroatoms. The molecule has 0 radical (unpaired) electrons. The van der Waals surface area contributed by atoms with Gasteiger partial charge in [0.25, 0.3) is 5.56 Å². The van der Waals surface area contributed by atoms with Gasteiger partial charge in [-0.25, -0.2) is 4.79 Å². The number of fused-ring (bicyclic) bond motifs is 1. The Morgan fingerprint density at radius 2 is 1.64 bits per heavy atom. The molecule has 168 valence electrons. The zero-order valence-corrected chi connectivity index (χ0v) is 18.9. The van der Waals surface area contributed by atoms with E-state index < -0.39 is 12.6 Å². The predicted octanol–water partition coefficient (Wildman–Crippen LogP) is 4.25. The second kappa shape index (κ2) is 9.24. The summed E-state index contributed by atoms with van der Waals surface area (Å²) in [4.78, 5) is 38.8. The van der Waals surface area contributed by atoms with Gasteiger partial charge in [-0.15, -0.1) is 0 Å². The van der Waals surface area contributed by atoms with Crippen molar-refractivity contribution in [2.24, 2.45) is 0 Å². The lowest BCUT2D eigenvalue weighted by Gasteiger charge is -2.11. The van der Waals surface area contributed by atoms with Gasteiger partial charge in [0.15, 0.2) is 12.3 Å². The average Bonchev–Trinajstić information content (AvgIpc) is 3.12. The standard InChI is InChI=1S/C26H25N3O4/c1-4-14-28-17(2)15-22(18(28)3)23(30)16-33-26(32)24-20-12-8-9-13-21(20)25(31)29(27-24)19-10-6-5-7-11-19/h5-13,15H,4,14,16H2,1-3H3. The number of ketones is 1. The van der Waals surface area contributed by atoms with Gasteiger partial charge >= 0.3 is 5.97 Å². The number of aromatic nitrogens is 3. The maximum Gasteiger partial charge on any atom is 0.359 e. The number of esters is 1. The van der Waals surface area contributed by atoms with Crippen LogP contribution in [0.4, 0.5) is 0 Å². The third kappa shape index (κ3) is 4.22. The minimum absolute atomic E-state index is 0.0155. The van der Waals surface area contributed by atoms with Crippen LogP contribution in [0.2, 0.25) is 0 Å². The Kier molecular flexibility index (Phi) is 6.22. The number of hydrogen-bond donors (Lipinski definition) is 0. The van der Waals surface area contributed by atoms with Crippen molar-refractivity contribution in [1.82, 2.24) is 14.3 Å². The van der Waals surface area contributed by atoms with E-state index in [4.69, 9.17) is 4.74 Å². The summed E-state index contributed by atoms with van der Waals surface area (Å²) in [6.07, 6.45) is 0.953. The fraction of sp³-hybridized carbons (Fsp3) is 0.231. The molecule has 0 aliphatic carbocycles. The molecule has 33 heavy (non-hydrogen) atoms. The molecule has 0 bridgehead atoms. The number of benzene rings is 2. The summed E-state index contributed by atoms with van der Waals surface area (Å²) in [5, 5.41) is 5.02. The lowest BCUT2D eigenvalue weighted by Crippen LogP contribution is -2.26. The van der Waals surface area contributed by atoms with Crippen LogP contribution in [0.25, 0.3) is 16.5 Å². The second-order valence-corrected chi connectivity index (χ2v) is 7.88. The molecule has 0 N–H and O–H groups in total. The fourth-order valence-electron chi connectivity index (χ4n) is 4.01. The Labute approximate surface area is 191 Å². The first kappa shape index (κ1) is 22.2. The number of carbonyl (C=O) groups is 2. The van der Waals surface area contributed by atoms with E-state index in [1.165, 1.54) is 4.68 Å². The number of nitrogens with zero attached hydrogens (tertiary/aromatic N) is 3. The van der Waals surface area contributed by atoms with Crippen LogP contribution in [0, 0.1) is 13.8 Å².